The number of hydrogen-bond donors (Lipinski definition) is 1. The molecule has 2 heterocycles. The summed E-state index contributed by atoms with van der Waals surface area (Å²) in [6.45, 7) is 1.72. The van der Waals surface area contributed by atoms with Crippen molar-refractivity contribution in [1.29, 1.82) is 0 Å². The maximum atomic E-state index is 12.9. The Labute approximate surface area is 137 Å². The Morgan fingerprint density at radius 1 is 1.04 bits per heavy atom. The lowest BCUT2D eigenvalue weighted by molar-refractivity contribution is 0.174. The van der Waals surface area contributed by atoms with Crippen molar-refractivity contribution in [3.63, 3.8) is 0 Å². The van der Waals surface area contributed by atoms with Gasteiger partial charge in [-0.15, -0.1) is 0 Å². The van der Waals surface area contributed by atoms with Gasteiger partial charge in [-0.1, -0.05) is 18.2 Å². The Morgan fingerprint density at radius 2 is 1.71 bits per heavy atom. The molecule has 1 aromatic heterocycles. The maximum absolute atomic E-state index is 12.9. The number of ether oxygens (including phenoxy) is 2. The summed E-state index contributed by atoms with van der Waals surface area (Å²) in [7, 11) is -3.92. The molecule has 3 aromatic rings. The van der Waals surface area contributed by atoms with Crippen LogP contribution in [0.1, 0.15) is 5.56 Å². The van der Waals surface area contributed by atoms with E-state index in [1.165, 1.54) is 12.1 Å². The van der Waals surface area contributed by atoms with Crippen LogP contribution in [-0.2, 0) is 9.84 Å². The minimum atomic E-state index is -3.92. The van der Waals surface area contributed by atoms with Crippen molar-refractivity contribution in [2.45, 2.75) is 16.7 Å². The molecule has 24 heavy (non-hydrogen) atoms. The van der Waals surface area contributed by atoms with Gasteiger partial charge in [-0.25, -0.2) is 8.42 Å². The number of pyridine rings is 1. The zero-order valence-electron chi connectivity index (χ0n) is 12.7. The van der Waals surface area contributed by atoms with Crippen molar-refractivity contribution in [3.05, 3.63) is 58.4 Å². The molecular weight excluding hydrogens is 330 g/mol. The van der Waals surface area contributed by atoms with Gasteiger partial charge in [0.25, 0.3) is 5.56 Å². The van der Waals surface area contributed by atoms with Crippen LogP contribution in [0.3, 0.4) is 0 Å². The van der Waals surface area contributed by atoms with E-state index in [1.54, 1.807) is 37.3 Å². The van der Waals surface area contributed by atoms with Gasteiger partial charge in [0.15, 0.2) is 11.5 Å². The molecule has 1 aliphatic heterocycles. The van der Waals surface area contributed by atoms with Gasteiger partial charge in [-0.05, 0) is 30.7 Å². The lowest BCUT2D eigenvalue weighted by Gasteiger charge is -2.10. The van der Waals surface area contributed by atoms with E-state index < -0.39 is 15.4 Å². The number of H-pyrrole nitrogens is 1. The highest BCUT2D eigenvalue weighted by Crippen LogP contribution is 2.37. The summed E-state index contributed by atoms with van der Waals surface area (Å²) in [5.74, 6) is 1.05. The number of aryl methyl sites for hydroxylation is 1. The second kappa shape index (κ2) is 5.10. The summed E-state index contributed by atoms with van der Waals surface area (Å²) < 4.78 is 36.4. The number of sulfone groups is 1. The Hall–Kier alpha value is -2.80. The molecule has 122 valence electrons. The van der Waals surface area contributed by atoms with Crippen molar-refractivity contribution < 1.29 is 17.9 Å². The smallest absolute Gasteiger partial charge is 0.267 e. The quantitative estimate of drug-likeness (QED) is 0.772. The fourth-order valence-corrected chi connectivity index (χ4v) is 4.43. The molecule has 0 bridgehead atoms. The number of aromatic amines is 1. The zero-order chi connectivity index (χ0) is 16.9. The van der Waals surface area contributed by atoms with E-state index in [9.17, 15) is 13.2 Å². The molecule has 0 amide bonds. The van der Waals surface area contributed by atoms with Crippen LogP contribution in [0.5, 0.6) is 11.5 Å². The van der Waals surface area contributed by atoms with E-state index in [2.05, 4.69) is 4.98 Å². The van der Waals surface area contributed by atoms with Crippen molar-refractivity contribution >= 4 is 20.7 Å². The largest absolute Gasteiger partial charge is 0.454 e. The summed E-state index contributed by atoms with van der Waals surface area (Å²) in [6, 6.07) is 11.2. The molecule has 0 saturated carbocycles. The van der Waals surface area contributed by atoms with Gasteiger partial charge in [0.2, 0.25) is 16.6 Å². The van der Waals surface area contributed by atoms with Crippen LogP contribution in [0.2, 0.25) is 0 Å². The third-order valence-corrected chi connectivity index (χ3v) is 5.96. The van der Waals surface area contributed by atoms with Crippen LogP contribution in [-0.4, -0.2) is 20.2 Å². The Kier molecular flexibility index (Phi) is 3.14. The normalized spacial score (nSPS) is 13.4. The highest BCUT2D eigenvalue weighted by atomic mass is 32.2. The third-order valence-electron chi connectivity index (χ3n) is 4.03. The minimum Gasteiger partial charge on any atom is -0.454 e. The molecule has 0 fully saturated rings. The first kappa shape index (κ1) is 14.8. The predicted octanol–water partition coefficient (Wildman–Crippen LogP) is 2.40. The minimum absolute atomic E-state index is 0.0821. The van der Waals surface area contributed by atoms with Gasteiger partial charge < -0.3 is 14.5 Å². The first-order valence-corrected chi connectivity index (χ1v) is 8.73. The van der Waals surface area contributed by atoms with Crippen molar-refractivity contribution in [3.8, 4) is 11.5 Å². The molecule has 0 spiro atoms. The van der Waals surface area contributed by atoms with Gasteiger partial charge in [0.05, 0.1) is 10.4 Å². The number of nitrogens with one attached hydrogen (secondary N) is 1. The van der Waals surface area contributed by atoms with Crippen molar-refractivity contribution in [1.82, 2.24) is 4.98 Å². The third kappa shape index (κ3) is 2.09. The standard InChI is InChI=1S/C17H13NO5S/c1-10-12-7-14-15(23-9-22-14)8-13(12)18-17(19)16(10)24(20,21)11-5-3-2-4-6-11/h2-8H,9H2,1H3,(H,18,19). The van der Waals surface area contributed by atoms with E-state index >= 15 is 0 Å². The van der Waals surface area contributed by atoms with Gasteiger partial charge in [0.1, 0.15) is 4.90 Å². The van der Waals surface area contributed by atoms with Crippen LogP contribution in [0.4, 0.5) is 0 Å². The highest BCUT2D eigenvalue weighted by molar-refractivity contribution is 7.91. The fraction of sp³-hybridized carbons (Fsp3) is 0.118. The SMILES string of the molecule is Cc1c(S(=O)(=O)c2ccccc2)c(=O)[nH]c2cc3c(cc12)OCO3. The number of rotatable bonds is 2. The first-order valence-electron chi connectivity index (χ1n) is 7.25. The lowest BCUT2D eigenvalue weighted by atomic mass is 10.1. The van der Waals surface area contributed by atoms with Gasteiger partial charge in [0, 0.05) is 11.5 Å². The van der Waals surface area contributed by atoms with Gasteiger partial charge >= 0.3 is 0 Å². The number of hydrogen-bond acceptors (Lipinski definition) is 5. The van der Waals surface area contributed by atoms with Crippen molar-refractivity contribution in [2.24, 2.45) is 0 Å². The lowest BCUT2D eigenvalue weighted by Crippen LogP contribution is -2.20. The molecule has 2 aromatic carbocycles. The molecule has 1 N–H and O–H groups in total. The Bertz CT molecular complexity index is 1120. The fourth-order valence-electron chi connectivity index (χ4n) is 2.87. The topological polar surface area (TPSA) is 85.5 Å². The predicted molar refractivity (Wildman–Crippen MR) is 87.3 cm³/mol. The average Bonchev–Trinajstić information content (AvgIpc) is 3.01. The highest BCUT2D eigenvalue weighted by Gasteiger charge is 2.26. The second-order valence-corrected chi connectivity index (χ2v) is 7.36. The molecule has 0 unspecified atom stereocenters. The molecule has 0 radical (unpaired) electrons. The molecule has 6 nitrogen and oxygen atoms in total. The molecule has 0 aliphatic carbocycles. The Morgan fingerprint density at radius 3 is 2.42 bits per heavy atom. The summed E-state index contributed by atoms with van der Waals surface area (Å²) in [6.07, 6.45) is 0. The summed E-state index contributed by atoms with van der Waals surface area (Å²) >= 11 is 0. The van der Waals surface area contributed by atoms with Crippen LogP contribution in [0.25, 0.3) is 10.9 Å². The van der Waals surface area contributed by atoms with E-state index in [4.69, 9.17) is 9.47 Å². The van der Waals surface area contributed by atoms with Crippen LogP contribution < -0.4 is 15.0 Å². The number of fused-ring (bicyclic) bond motifs is 2. The van der Waals surface area contributed by atoms with Gasteiger partial charge in [-0.2, -0.15) is 0 Å². The van der Waals surface area contributed by atoms with Gasteiger partial charge in [-0.3, -0.25) is 4.79 Å². The summed E-state index contributed by atoms with van der Waals surface area (Å²) in [4.78, 5) is 14.9. The molecular formula is C17H13NO5S. The molecule has 1 aliphatic rings. The number of aromatic nitrogens is 1. The molecule has 0 saturated heterocycles. The molecule has 4 rings (SSSR count). The van der Waals surface area contributed by atoms with E-state index in [1.807, 2.05) is 0 Å². The van der Waals surface area contributed by atoms with Crippen LogP contribution in [0.15, 0.2) is 57.1 Å². The van der Waals surface area contributed by atoms with E-state index in [0.29, 0.717) is 28.0 Å². The van der Waals surface area contributed by atoms with Crippen molar-refractivity contribution in [2.75, 3.05) is 6.79 Å². The zero-order valence-corrected chi connectivity index (χ0v) is 13.5. The Balaban J connectivity index is 2.04. The van der Waals surface area contributed by atoms with Crippen LogP contribution in [0, 0.1) is 6.92 Å². The maximum Gasteiger partial charge on any atom is 0.267 e. The van der Waals surface area contributed by atoms with E-state index in [0.717, 1.165) is 0 Å². The number of benzene rings is 2. The molecule has 0 atom stereocenters. The molecule has 7 heteroatoms. The average molecular weight is 343 g/mol. The second-order valence-electron chi connectivity index (χ2n) is 5.48. The summed E-state index contributed by atoms with van der Waals surface area (Å²) in [5, 5.41) is 0.605. The summed E-state index contributed by atoms with van der Waals surface area (Å²) in [5.41, 5.74) is 0.243. The van der Waals surface area contributed by atoms with E-state index in [-0.39, 0.29) is 16.6 Å². The monoisotopic (exact) mass is 343 g/mol. The first-order chi connectivity index (χ1) is 11.5. The van der Waals surface area contributed by atoms with Crippen LogP contribution >= 0.6 is 0 Å².